The predicted octanol–water partition coefficient (Wildman–Crippen LogP) is 0.0459. The van der Waals surface area contributed by atoms with Crippen molar-refractivity contribution in [1.29, 1.82) is 0 Å². The van der Waals surface area contributed by atoms with Crippen LogP contribution in [0.2, 0.25) is 0 Å². The van der Waals surface area contributed by atoms with Gasteiger partial charge in [-0.25, -0.2) is 24.4 Å². The summed E-state index contributed by atoms with van der Waals surface area (Å²) in [6.07, 6.45) is 6.98. The largest absolute Gasteiger partial charge is 0.344 e. The quantitative estimate of drug-likeness (QED) is 0.816. The molecule has 1 aliphatic carbocycles. The highest BCUT2D eigenvalue weighted by Gasteiger charge is 2.32. The van der Waals surface area contributed by atoms with E-state index in [2.05, 4.69) is 10.2 Å². The Kier molecular flexibility index (Phi) is 3.50. The molecule has 1 aromatic rings. The van der Waals surface area contributed by atoms with E-state index < -0.39 is 11.4 Å². The molecule has 2 fully saturated rings. The van der Waals surface area contributed by atoms with Crippen LogP contribution in [0.4, 0.5) is 0 Å². The zero-order chi connectivity index (χ0) is 14.1. The van der Waals surface area contributed by atoms with Crippen molar-refractivity contribution in [1.82, 2.24) is 19.7 Å². The number of H-pyrrole nitrogens is 2. The normalized spacial score (nSPS) is 23.0. The highest BCUT2D eigenvalue weighted by molar-refractivity contribution is 5.76. The third-order valence-electron chi connectivity index (χ3n) is 4.59. The summed E-state index contributed by atoms with van der Waals surface area (Å²) in [5.41, 5.74) is -1.11. The highest BCUT2D eigenvalue weighted by atomic mass is 16.2. The van der Waals surface area contributed by atoms with Crippen LogP contribution in [0.1, 0.15) is 38.5 Å². The molecule has 20 heavy (non-hydrogen) atoms. The number of aromatic amines is 2. The van der Waals surface area contributed by atoms with E-state index in [0.29, 0.717) is 6.04 Å². The zero-order valence-electron chi connectivity index (χ0n) is 11.4. The number of nitrogens with zero attached hydrogens (tertiary/aromatic N) is 2. The van der Waals surface area contributed by atoms with Crippen LogP contribution in [0, 0.1) is 5.92 Å². The molecule has 2 heterocycles. The Labute approximate surface area is 116 Å². The monoisotopic (exact) mass is 280 g/mol. The third kappa shape index (κ3) is 2.44. The number of likely N-dealkylation sites (tertiary alicyclic amines) is 1. The van der Waals surface area contributed by atoms with Crippen molar-refractivity contribution in [2.24, 2.45) is 5.92 Å². The van der Waals surface area contributed by atoms with Gasteiger partial charge in [-0.05, 0) is 25.2 Å². The van der Waals surface area contributed by atoms with Crippen molar-refractivity contribution in [3.05, 3.63) is 21.0 Å². The van der Waals surface area contributed by atoms with E-state index in [1.165, 1.54) is 19.3 Å². The summed E-state index contributed by atoms with van der Waals surface area (Å²) < 4.78 is 0.918. The molecule has 1 saturated heterocycles. The molecule has 1 saturated carbocycles. The van der Waals surface area contributed by atoms with Crippen molar-refractivity contribution in [3.8, 4) is 0 Å². The van der Waals surface area contributed by atoms with Crippen LogP contribution in [0.15, 0.2) is 9.59 Å². The molecule has 7 heteroatoms. The molecule has 7 nitrogen and oxygen atoms in total. The van der Waals surface area contributed by atoms with Crippen LogP contribution in [-0.4, -0.2) is 38.2 Å². The molecule has 1 amide bonds. The molecule has 2 N–H and O–H groups in total. The third-order valence-corrected chi connectivity index (χ3v) is 4.59. The fourth-order valence-corrected chi connectivity index (χ4v) is 3.23. The molecule has 1 aliphatic heterocycles. The summed E-state index contributed by atoms with van der Waals surface area (Å²) in [4.78, 5) is 37.0. The van der Waals surface area contributed by atoms with Crippen LogP contribution < -0.4 is 11.4 Å². The summed E-state index contributed by atoms with van der Waals surface area (Å²) in [6.45, 7) is 0.576. The molecule has 2 aliphatic rings. The number of carbonyl (C=O) groups excluding carboxylic acids is 1. The molecular formula is C13H20N4O3. The smallest absolute Gasteiger partial charge is 0.338 e. The topological polar surface area (TPSA) is 91.0 Å². The predicted molar refractivity (Wildman–Crippen MR) is 72.4 cm³/mol. The number of amides is 1. The lowest BCUT2D eigenvalue weighted by atomic mass is 9.80. The maximum atomic E-state index is 12.3. The number of carbonyl (C=O) groups is 1. The lowest BCUT2D eigenvalue weighted by molar-refractivity contribution is -0.133. The number of nitrogens with one attached hydrogen (secondary N) is 2. The summed E-state index contributed by atoms with van der Waals surface area (Å²) in [6, 6.07) is 0.293. The van der Waals surface area contributed by atoms with Gasteiger partial charge < -0.3 is 4.90 Å². The van der Waals surface area contributed by atoms with Crippen LogP contribution in [0.5, 0.6) is 0 Å². The highest BCUT2D eigenvalue weighted by Crippen LogP contribution is 2.34. The first-order valence-corrected chi connectivity index (χ1v) is 7.32. The summed E-state index contributed by atoms with van der Waals surface area (Å²) in [7, 11) is 0. The van der Waals surface area contributed by atoms with E-state index in [-0.39, 0.29) is 12.5 Å². The fraction of sp³-hybridized carbons (Fsp3) is 0.769. The van der Waals surface area contributed by atoms with Crippen LogP contribution in [0.3, 0.4) is 0 Å². The average Bonchev–Trinajstić information content (AvgIpc) is 2.95. The van der Waals surface area contributed by atoms with E-state index in [1.54, 1.807) is 0 Å². The Morgan fingerprint density at radius 1 is 1.10 bits per heavy atom. The molecule has 110 valence electrons. The van der Waals surface area contributed by atoms with E-state index in [0.717, 1.165) is 36.3 Å². The SMILES string of the molecule is O=C(Cn1c(=O)[nH][nH]c1=O)N1CCCC1CC1CCC1. The second-order valence-electron chi connectivity index (χ2n) is 5.86. The maximum Gasteiger partial charge on any atom is 0.344 e. The fourth-order valence-electron chi connectivity index (χ4n) is 3.23. The van der Waals surface area contributed by atoms with Gasteiger partial charge in [0.2, 0.25) is 5.91 Å². The van der Waals surface area contributed by atoms with Crippen LogP contribution in [0.25, 0.3) is 0 Å². The maximum absolute atomic E-state index is 12.3. The molecule has 1 atom stereocenters. The molecule has 1 unspecified atom stereocenters. The Morgan fingerprint density at radius 2 is 1.80 bits per heavy atom. The lowest BCUT2D eigenvalue weighted by Gasteiger charge is -2.32. The van der Waals surface area contributed by atoms with Crippen molar-refractivity contribution in [3.63, 3.8) is 0 Å². The Balaban J connectivity index is 1.66. The van der Waals surface area contributed by atoms with Crippen molar-refractivity contribution < 1.29 is 4.79 Å². The summed E-state index contributed by atoms with van der Waals surface area (Å²) >= 11 is 0. The van der Waals surface area contributed by atoms with Crippen LogP contribution >= 0.6 is 0 Å². The molecule has 3 rings (SSSR count). The van der Waals surface area contributed by atoms with Gasteiger partial charge in [0.05, 0.1) is 0 Å². The minimum Gasteiger partial charge on any atom is -0.338 e. The van der Waals surface area contributed by atoms with Crippen molar-refractivity contribution in [2.75, 3.05) is 6.54 Å². The first-order chi connectivity index (χ1) is 9.65. The second-order valence-corrected chi connectivity index (χ2v) is 5.86. The van der Waals surface area contributed by atoms with E-state index in [1.807, 2.05) is 4.90 Å². The van der Waals surface area contributed by atoms with Gasteiger partial charge in [0.25, 0.3) is 0 Å². The van der Waals surface area contributed by atoms with Gasteiger partial charge in [-0.3, -0.25) is 4.79 Å². The zero-order valence-corrected chi connectivity index (χ0v) is 11.4. The molecule has 0 radical (unpaired) electrons. The van der Waals surface area contributed by atoms with Gasteiger partial charge in [0.1, 0.15) is 6.54 Å². The van der Waals surface area contributed by atoms with Gasteiger partial charge in [0, 0.05) is 12.6 Å². The minimum atomic E-state index is -0.557. The second kappa shape index (κ2) is 5.30. The van der Waals surface area contributed by atoms with E-state index in [9.17, 15) is 14.4 Å². The van der Waals surface area contributed by atoms with Gasteiger partial charge in [-0.1, -0.05) is 19.3 Å². The van der Waals surface area contributed by atoms with Crippen molar-refractivity contribution >= 4 is 5.91 Å². The standard InChI is InChI=1S/C13H20N4O3/c18-11(8-17-12(19)14-15-13(17)20)16-6-2-5-10(16)7-9-3-1-4-9/h9-10H,1-8H2,(H,14,19)(H,15,20). The van der Waals surface area contributed by atoms with Gasteiger partial charge >= 0.3 is 11.4 Å². The Morgan fingerprint density at radius 3 is 2.40 bits per heavy atom. The Bertz CT molecular complexity index is 568. The molecule has 0 aromatic carbocycles. The minimum absolute atomic E-state index is 0.126. The molecule has 0 bridgehead atoms. The summed E-state index contributed by atoms with van der Waals surface area (Å²) in [5, 5.41) is 4.39. The Hall–Kier alpha value is -1.79. The van der Waals surface area contributed by atoms with Crippen LogP contribution in [-0.2, 0) is 11.3 Å². The van der Waals surface area contributed by atoms with Gasteiger partial charge in [0.15, 0.2) is 0 Å². The number of aromatic nitrogens is 3. The number of hydrogen-bond acceptors (Lipinski definition) is 3. The van der Waals surface area contributed by atoms with E-state index in [4.69, 9.17) is 0 Å². The van der Waals surface area contributed by atoms with Gasteiger partial charge in [-0.15, -0.1) is 0 Å². The van der Waals surface area contributed by atoms with Crippen molar-refractivity contribution in [2.45, 2.75) is 51.1 Å². The van der Waals surface area contributed by atoms with E-state index >= 15 is 0 Å². The average molecular weight is 280 g/mol. The number of hydrogen-bond donors (Lipinski definition) is 2. The molecular weight excluding hydrogens is 260 g/mol. The lowest BCUT2D eigenvalue weighted by Crippen LogP contribution is -2.42. The summed E-state index contributed by atoms with van der Waals surface area (Å²) in [5.74, 6) is 0.630. The first kappa shape index (κ1) is 13.2. The molecule has 0 spiro atoms. The molecule has 1 aromatic heterocycles. The first-order valence-electron chi connectivity index (χ1n) is 7.32. The van der Waals surface area contributed by atoms with Gasteiger partial charge in [-0.2, -0.15) is 0 Å². The number of rotatable bonds is 4.